The molecule has 0 heterocycles. The fourth-order valence-corrected chi connectivity index (χ4v) is 3.43. The van der Waals surface area contributed by atoms with Crippen molar-refractivity contribution in [1.29, 1.82) is 0 Å². The van der Waals surface area contributed by atoms with Crippen LogP contribution in [-0.2, 0) is 11.8 Å². The van der Waals surface area contributed by atoms with Gasteiger partial charge in [-0.3, -0.25) is 0 Å². The molecule has 3 rings (SSSR count). The molecule has 2 nitrogen and oxygen atoms in total. The van der Waals surface area contributed by atoms with Crippen molar-refractivity contribution in [3.63, 3.8) is 0 Å². The van der Waals surface area contributed by atoms with Gasteiger partial charge in [0.25, 0.3) is 0 Å². The van der Waals surface area contributed by atoms with Gasteiger partial charge in [-0.25, -0.2) is 4.39 Å². The molecule has 0 radical (unpaired) electrons. The summed E-state index contributed by atoms with van der Waals surface area (Å²) < 4.78 is 23.5. The first-order chi connectivity index (χ1) is 14.1. The minimum atomic E-state index is -0.467. The predicted octanol–water partition coefficient (Wildman–Crippen LogP) is 7.13. The van der Waals surface area contributed by atoms with Crippen LogP contribution in [0.15, 0.2) is 78.9 Å². The Morgan fingerprint density at radius 3 is 2.24 bits per heavy atom. The van der Waals surface area contributed by atoms with Gasteiger partial charge >= 0.3 is 0 Å². The third kappa shape index (κ3) is 6.35. The predicted molar refractivity (Wildman–Crippen MR) is 117 cm³/mol. The van der Waals surface area contributed by atoms with Crippen molar-refractivity contribution in [3.8, 4) is 17.2 Å². The molecule has 152 valence electrons. The maximum absolute atomic E-state index is 12.2. The molecule has 0 aliphatic rings. The number of aryl methyl sites for hydroxylation is 1. The molecule has 0 unspecified atom stereocenters. The lowest BCUT2D eigenvalue weighted by molar-refractivity contribution is 0.273. The second-order valence-electron chi connectivity index (χ2n) is 7.86. The maximum Gasteiger partial charge on any atom is 0.127 e. The summed E-state index contributed by atoms with van der Waals surface area (Å²) in [6.07, 6.45) is 3.16. The molecular formula is C26H29FO2. The first-order valence-electron chi connectivity index (χ1n) is 10.2. The Labute approximate surface area is 173 Å². The molecule has 3 heteroatoms. The van der Waals surface area contributed by atoms with Crippen molar-refractivity contribution in [2.75, 3.05) is 13.3 Å². The minimum Gasteiger partial charge on any atom is -0.491 e. The van der Waals surface area contributed by atoms with E-state index in [1.807, 2.05) is 48.5 Å². The van der Waals surface area contributed by atoms with Crippen LogP contribution in [0.25, 0.3) is 0 Å². The lowest BCUT2D eigenvalue weighted by atomic mass is 9.80. The molecule has 0 aliphatic heterocycles. The Hall–Kier alpha value is -2.81. The molecule has 3 aromatic carbocycles. The van der Waals surface area contributed by atoms with E-state index in [0.29, 0.717) is 0 Å². The van der Waals surface area contributed by atoms with Crippen molar-refractivity contribution >= 4 is 0 Å². The van der Waals surface area contributed by atoms with Crippen LogP contribution < -0.4 is 9.47 Å². The van der Waals surface area contributed by atoms with Gasteiger partial charge in [-0.2, -0.15) is 0 Å². The van der Waals surface area contributed by atoms with Gasteiger partial charge < -0.3 is 9.47 Å². The largest absolute Gasteiger partial charge is 0.491 e. The Morgan fingerprint density at radius 2 is 1.52 bits per heavy atom. The monoisotopic (exact) mass is 392 g/mol. The Balaban J connectivity index is 1.54. The second-order valence-corrected chi connectivity index (χ2v) is 7.86. The fraction of sp³-hybridized carbons (Fsp3) is 0.308. The van der Waals surface area contributed by atoms with Gasteiger partial charge in [0, 0.05) is 0 Å². The SMILES string of the molecule is CC(C)(CCCc1cccc(Oc2ccccc2)c1)c1ccc(OCCF)cc1. The quantitative estimate of drug-likeness (QED) is 0.365. The summed E-state index contributed by atoms with van der Waals surface area (Å²) in [4.78, 5) is 0. The van der Waals surface area contributed by atoms with Crippen molar-refractivity contribution in [3.05, 3.63) is 90.0 Å². The zero-order valence-electron chi connectivity index (χ0n) is 17.2. The average molecular weight is 393 g/mol. The highest BCUT2D eigenvalue weighted by molar-refractivity contribution is 5.34. The minimum absolute atomic E-state index is 0.0662. The zero-order valence-corrected chi connectivity index (χ0v) is 17.2. The summed E-state index contributed by atoms with van der Waals surface area (Å²) in [7, 11) is 0. The van der Waals surface area contributed by atoms with E-state index in [4.69, 9.17) is 9.47 Å². The highest BCUT2D eigenvalue weighted by Crippen LogP contribution is 2.31. The average Bonchev–Trinajstić information content (AvgIpc) is 2.73. The molecule has 0 bridgehead atoms. The number of ether oxygens (including phenoxy) is 2. The van der Waals surface area contributed by atoms with E-state index in [0.717, 1.165) is 36.5 Å². The number of rotatable bonds is 10. The molecular weight excluding hydrogens is 363 g/mol. The Kier molecular flexibility index (Phi) is 7.29. The molecule has 0 amide bonds. The van der Waals surface area contributed by atoms with E-state index in [1.165, 1.54) is 11.1 Å². The standard InChI is InChI=1S/C26H29FO2/c1-26(2,22-13-15-23(16-14-22)28-19-18-27)17-7-9-21-8-6-12-25(20-21)29-24-10-4-3-5-11-24/h3-6,8,10-16,20H,7,9,17-19H2,1-2H3. The summed E-state index contributed by atoms with van der Waals surface area (Å²) in [5.74, 6) is 2.44. The third-order valence-electron chi connectivity index (χ3n) is 5.13. The van der Waals surface area contributed by atoms with E-state index in [9.17, 15) is 4.39 Å². The summed E-state index contributed by atoms with van der Waals surface area (Å²) in [6, 6.07) is 26.2. The molecule has 0 aromatic heterocycles. The van der Waals surface area contributed by atoms with Gasteiger partial charge in [0.2, 0.25) is 0 Å². The van der Waals surface area contributed by atoms with E-state index in [-0.39, 0.29) is 12.0 Å². The molecule has 0 fully saturated rings. The highest BCUT2D eigenvalue weighted by Gasteiger charge is 2.20. The Bertz CT molecular complexity index is 873. The van der Waals surface area contributed by atoms with E-state index in [1.54, 1.807) is 0 Å². The number of hydrogen-bond donors (Lipinski definition) is 0. The van der Waals surface area contributed by atoms with Gasteiger partial charge in [0.05, 0.1) is 0 Å². The normalized spacial score (nSPS) is 11.3. The first kappa shape index (κ1) is 20.9. The van der Waals surface area contributed by atoms with Crippen LogP contribution in [0.2, 0.25) is 0 Å². The van der Waals surface area contributed by atoms with Crippen LogP contribution in [-0.4, -0.2) is 13.3 Å². The number of benzene rings is 3. The molecule has 0 atom stereocenters. The summed E-state index contributed by atoms with van der Waals surface area (Å²) in [5, 5.41) is 0. The van der Waals surface area contributed by atoms with Crippen LogP contribution in [0, 0.1) is 0 Å². The van der Waals surface area contributed by atoms with E-state index >= 15 is 0 Å². The van der Waals surface area contributed by atoms with Crippen molar-refractivity contribution in [2.24, 2.45) is 0 Å². The van der Waals surface area contributed by atoms with Gasteiger partial charge in [0.1, 0.15) is 30.5 Å². The molecule has 0 aliphatic carbocycles. The number of alkyl halides is 1. The summed E-state index contributed by atoms with van der Waals surface area (Å²) in [5.41, 5.74) is 2.62. The molecule has 0 saturated heterocycles. The van der Waals surface area contributed by atoms with Crippen molar-refractivity contribution in [1.82, 2.24) is 0 Å². The van der Waals surface area contributed by atoms with Gasteiger partial charge in [-0.1, -0.05) is 56.3 Å². The lowest BCUT2D eigenvalue weighted by Crippen LogP contribution is -2.17. The molecule has 0 saturated carbocycles. The maximum atomic E-state index is 12.2. The molecule has 29 heavy (non-hydrogen) atoms. The number of para-hydroxylation sites is 1. The lowest BCUT2D eigenvalue weighted by Gasteiger charge is -2.25. The second kappa shape index (κ2) is 10.1. The van der Waals surface area contributed by atoms with Crippen molar-refractivity contribution in [2.45, 2.75) is 38.5 Å². The van der Waals surface area contributed by atoms with Crippen molar-refractivity contribution < 1.29 is 13.9 Å². The van der Waals surface area contributed by atoms with Crippen LogP contribution in [0.3, 0.4) is 0 Å². The van der Waals surface area contributed by atoms with Gasteiger partial charge in [0.15, 0.2) is 0 Å². The van der Waals surface area contributed by atoms with Crippen LogP contribution in [0.5, 0.6) is 17.2 Å². The summed E-state index contributed by atoms with van der Waals surface area (Å²) in [6.45, 7) is 4.17. The van der Waals surface area contributed by atoms with E-state index in [2.05, 4.69) is 44.2 Å². The molecule has 0 spiro atoms. The summed E-state index contributed by atoms with van der Waals surface area (Å²) >= 11 is 0. The number of halogens is 1. The molecule has 3 aromatic rings. The topological polar surface area (TPSA) is 18.5 Å². The zero-order chi connectivity index (χ0) is 20.5. The van der Waals surface area contributed by atoms with Crippen LogP contribution in [0.1, 0.15) is 37.8 Å². The first-order valence-corrected chi connectivity index (χ1v) is 10.2. The Morgan fingerprint density at radius 1 is 0.793 bits per heavy atom. The van der Waals surface area contributed by atoms with Gasteiger partial charge in [-0.15, -0.1) is 0 Å². The highest BCUT2D eigenvalue weighted by atomic mass is 19.1. The van der Waals surface area contributed by atoms with Crippen LogP contribution in [0.4, 0.5) is 4.39 Å². The smallest absolute Gasteiger partial charge is 0.127 e. The van der Waals surface area contributed by atoms with Gasteiger partial charge in [-0.05, 0) is 72.2 Å². The third-order valence-corrected chi connectivity index (χ3v) is 5.13. The van der Waals surface area contributed by atoms with Crippen LogP contribution >= 0.6 is 0 Å². The van der Waals surface area contributed by atoms with E-state index < -0.39 is 6.67 Å². The number of hydrogen-bond acceptors (Lipinski definition) is 2. The fourth-order valence-electron chi connectivity index (χ4n) is 3.43. The molecule has 0 N–H and O–H groups in total.